The summed E-state index contributed by atoms with van der Waals surface area (Å²) in [7, 11) is 0. The minimum Gasteiger partial charge on any atom is -0.328 e. The molecule has 1 saturated heterocycles. The SMILES string of the molecule is CCc1ccc(C2CNCCN2C(=O)c2ccc([N+](=O)[O-])s2)cc1.Cl. The monoisotopic (exact) mass is 381 g/mol. The third kappa shape index (κ3) is 4.18. The minimum absolute atomic E-state index is 0. The van der Waals surface area contributed by atoms with Crippen LogP contribution in [-0.2, 0) is 6.42 Å². The molecule has 0 aliphatic carbocycles. The maximum Gasteiger partial charge on any atom is 0.324 e. The minimum atomic E-state index is -0.458. The molecular weight excluding hydrogens is 362 g/mol. The summed E-state index contributed by atoms with van der Waals surface area (Å²) < 4.78 is 0. The van der Waals surface area contributed by atoms with E-state index >= 15 is 0 Å². The number of thiophene rings is 1. The third-order valence-corrected chi connectivity index (χ3v) is 5.28. The number of carbonyl (C=O) groups is 1. The van der Waals surface area contributed by atoms with Gasteiger partial charge in [-0.1, -0.05) is 42.5 Å². The van der Waals surface area contributed by atoms with Crippen molar-refractivity contribution < 1.29 is 9.72 Å². The van der Waals surface area contributed by atoms with Crippen LogP contribution in [0.25, 0.3) is 0 Å². The summed E-state index contributed by atoms with van der Waals surface area (Å²) >= 11 is 0.935. The number of nitrogens with one attached hydrogen (secondary N) is 1. The number of aryl methyl sites for hydroxylation is 1. The van der Waals surface area contributed by atoms with Gasteiger partial charge in [0.15, 0.2) is 0 Å². The van der Waals surface area contributed by atoms with Crippen molar-refractivity contribution in [3.05, 3.63) is 62.5 Å². The van der Waals surface area contributed by atoms with Gasteiger partial charge in [0, 0.05) is 25.7 Å². The second-order valence-electron chi connectivity index (χ2n) is 5.71. The van der Waals surface area contributed by atoms with Crippen LogP contribution >= 0.6 is 23.7 Å². The second-order valence-corrected chi connectivity index (χ2v) is 6.77. The Kier molecular flexibility index (Phi) is 6.52. The van der Waals surface area contributed by atoms with Crippen LogP contribution in [0.3, 0.4) is 0 Å². The summed E-state index contributed by atoms with van der Waals surface area (Å²) in [5, 5.41) is 14.2. The first-order chi connectivity index (χ1) is 11.6. The fourth-order valence-corrected chi connectivity index (χ4v) is 3.68. The van der Waals surface area contributed by atoms with E-state index in [2.05, 4.69) is 36.5 Å². The van der Waals surface area contributed by atoms with Crippen LogP contribution in [0.15, 0.2) is 36.4 Å². The van der Waals surface area contributed by atoms with E-state index in [1.807, 2.05) is 4.90 Å². The van der Waals surface area contributed by atoms with E-state index in [9.17, 15) is 14.9 Å². The van der Waals surface area contributed by atoms with Crippen molar-refractivity contribution in [2.45, 2.75) is 19.4 Å². The maximum atomic E-state index is 12.8. The Morgan fingerprint density at radius 2 is 2.04 bits per heavy atom. The molecule has 1 N–H and O–H groups in total. The van der Waals surface area contributed by atoms with E-state index in [0.29, 0.717) is 18.0 Å². The molecule has 3 rings (SSSR count). The standard InChI is InChI=1S/C17H19N3O3S.ClH/c1-2-12-3-5-13(6-4-12)14-11-18-9-10-19(14)17(21)15-7-8-16(24-15)20(22)23;/h3-8,14,18H,2,9-11H2,1H3;1H. The molecule has 2 heterocycles. The Morgan fingerprint density at radius 1 is 1.32 bits per heavy atom. The Labute approximate surface area is 156 Å². The van der Waals surface area contributed by atoms with Crippen molar-refractivity contribution in [1.29, 1.82) is 0 Å². The number of benzene rings is 1. The molecule has 0 bridgehead atoms. The van der Waals surface area contributed by atoms with Gasteiger partial charge in [0.1, 0.15) is 0 Å². The molecule has 2 aromatic rings. The molecule has 0 saturated carbocycles. The number of nitro groups is 1. The number of piperazine rings is 1. The number of amides is 1. The number of halogens is 1. The van der Waals surface area contributed by atoms with Crippen molar-refractivity contribution in [2.75, 3.05) is 19.6 Å². The lowest BCUT2D eigenvalue weighted by molar-refractivity contribution is -0.380. The zero-order valence-corrected chi connectivity index (χ0v) is 15.4. The molecule has 0 spiro atoms. The lowest BCUT2D eigenvalue weighted by Crippen LogP contribution is -2.48. The van der Waals surface area contributed by atoms with E-state index in [0.717, 1.165) is 29.9 Å². The number of nitrogens with zero attached hydrogens (tertiary/aromatic N) is 2. The van der Waals surface area contributed by atoms with Gasteiger partial charge in [0.2, 0.25) is 0 Å². The fourth-order valence-electron chi connectivity index (χ4n) is 2.90. The van der Waals surface area contributed by atoms with Crippen molar-refractivity contribution in [3.63, 3.8) is 0 Å². The van der Waals surface area contributed by atoms with E-state index < -0.39 is 4.92 Å². The van der Waals surface area contributed by atoms with Crippen molar-refractivity contribution >= 4 is 34.7 Å². The first kappa shape index (κ1) is 19.4. The van der Waals surface area contributed by atoms with Gasteiger partial charge in [-0.05, 0) is 23.6 Å². The summed E-state index contributed by atoms with van der Waals surface area (Å²) in [5.74, 6) is -0.140. The summed E-state index contributed by atoms with van der Waals surface area (Å²) in [4.78, 5) is 25.4. The highest BCUT2D eigenvalue weighted by Gasteiger charge is 2.30. The van der Waals surface area contributed by atoms with Gasteiger partial charge in [0.05, 0.1) is 15.8 Å². The largest absolute Gasteiger partial charge is 0.328 e. The molecule has 6 nitrogen and oxygen atoms in total. The van der Waals surface area contributed by atoms with E-state index in [1.165, 1.54) is 11.6 Å². The van der Waals surface area contributed by atoms with Crippen LogP contribution in [0.1, 0.15) is 33.8 Å². The predicted octanol–water partition coefficient (Wildman–Crippen LogP) is 3.43. The normalized spacial score (nSPS) is 17.0. The molecule has 1 aromatic heterocycles. The van der Waals surface area contributed by atoms with Gasteiger partial charge in [-0.25, -0.2) is 0 Å². The molecule has 1 atom stereocenters. The van der Waals surface area contributed by atoms with Gasteiger partial charge in [0.25, 0.3) is 5.91 Å². The Balaban J connectivity index is 0.00000225. The van der Waals surface area contributed by atoms with Crippen LogP contribution < -0.4 is 5.32 Å². The molecule has 1 aliphatic heterocycles. The van der Waals surface area contributed by atoms with Gasteiger partial charge in [-0.15, -0.1) is 12.4 Å². The van der Waals surface area contributed by atoms with Crippen molar-refractivity contribution in [3.8, 4) is 0 Å². The Hall–Kier alpha value is -1.96. The molecule has 1 aromatic carbocycles. The maximum absolute atomic E-state index is 12.8. The average Bonchev–Trinajstić information content (AvgIpc) is 3.12. The lowest BCUT2D eigenvalue weighted by Gasteiger charge is -2.36. The van der Waals surface area contributed by atoms with Crippen molar-refractivity contribution in [2.24, 2.45) is 0 Å². The average molecular weight is 382 g/mol. The van der Waals surface area contributed by atoms with Crippen LogP contribution in [0.2, 0.25) is 0 Å². The molecule has 1 unspecified atom stereocenters. The van der Waals surface area contributed by atoms with Crippen LogP contribution in [0.4, 0.5) is 5.00 Å². The molecule has 0 radical (unpaired) electrons. The highest BCUT2D eigenvalue weighted by atomic mass is 35.5. The molecule has 25 heavy (non-hydrogen) atoms. The lowest BCUT2D eigenvalue weighted by atomic mass is 10.0. The van der Waals surface area contributed by atoms with Gasteiger partial charge < -0.3 is 10.2 Å². The van der Waals surface area contributed by atoms with E-state index in [4.69, 9.17) is 0 Å². The first-order valence-electron chi connectivity index (χ1n) is 7.95. The number of hydrogen-bond acceptors (Lipinski definition) is 5. The summed E-state index contributed by atoms with van der Waals surface area (Å²) in [6, 6.07) is 11.2. The van der Waals surface area contributed by atoms with Crippen LogP contribution in [0.5, 0.6) is 0 Å². The predicted molar refractivity (Wildman–Crippen MR) is 101 cm³/mol. The Bertz CT molecular complexity index is 748. The van der Waals surface area contributed by atoms with Gasteiger partial charge >= 0.3 is 5.00 Å². The summed E-state index contributed by atoms with van der Waals surface area (Å²) in [5.41, 5.74) is 2.34. The smallest absolute Gasteiger partial charge is 0.324 e. The quantitative estimate of drug-likeness (QED) is 0.650. The molecule has 1 aliphatic rings. The fraction of sp³-hybridized carbons (Fsp3) is 0.353. The Morgan fingerprint density at radius 3 is 2.64 bits per heavy atom. The molecule has 1 amide bonds. The van der Waals surface area contributed by atoms with Crippen molar-refractivity contribution in [1.82, 2.24) is 10.2 Å². The molecular formula is C17H20ClN3O3S. The van der Waals surface area contributed by atoms with Gasteiger partial charge in [-0.3, -0.25) is 14.9 Å². The summed E-state index contributed by atoms with van der Waals surface area (Å²) in [6.07, 6.45) is 0.977. The summed E-state index contributed by atoms with van der Waals surface area (Å²) in [6.45, 7) is 4.11. The van der Waals surface area contributed by atoms with E-state index in [1.54, 1.807) is 6.07 Å². The zero-order valence-electron chi connectivity index (χ0n) is 13.8. The molecule has 1 fully saturated rings. The topological polar surface area (TPSA) is 75.5 Å². The second kappa shape index (κ2) is 8.42. The van der Waals surface area contributed by atoms with Gasteiger partial charge in [-0.2, -0.15) is 0 Å². The number of rotatable bonds is 4. The van der Waals surface area contributed by atoms with Crippen LogP contribution in [0, 0.1) is 10.1 Å². The first-order valence-corrected chi connectivity index (χ1v) is 8.76. The third-order valence-electron chi connectivity index (χ3n) is 4.26. The molecule has 134 valence electrons. The number of hydrogen-bond donors (Lipinski definition) is 1. The highest BCUT2D eigenvalue weighted by molar-refractivity contribution is 7.17. The zero-order chi connectivity index (χ0) is 17.1. The highest BCUT2D eigenvalue weighted by Crippen LogP contribution is 2.29. The van der Waals surface area contributed by atoms with E-state index in [-0.39, 0.29) is 29.4 Å². The number of carbonyl (C=O) groups excluding carboxylic acids is 1. The molecule has 8 heteroatoms. The van der Waals surface area contributed by atoms with Crippen LogP contribution in [-0.4, -0.2) is 35.4 Å².